The fraction of sp³-hybridized carbons (Fsp3) is 0.647. The van der Waals surface area contributed by atoms with Crippen molar-refractivity contribution in [2.24, 2.45) is 5.92 Å². The summed E-state index contributed by atoms with van der Waals surface area (Å²) >= 11 is 0. The Kier molecular flexibility index (Phi) is 4.71. The third-order valence-electron chi connectivity index (χ3n) is 4.22. The maximum absolute atomic E-state index is 10.1. The highest BCUT2D eigenvalue weighted by atomic mass is 16.5. The number of hydrogen-bond donors (Lipinski definition) is 2. The largest absolute Gasteiger partial charge is 0.490 e. The maximum Gasteiger partial charge on any atom is 0.125 e. The van der Waals surface area contributed by atoms with Crippen molar-refractivity contribution in [2.45, 2.75) is 52.2 Å². The van der Waals surface area contributed by atoms with E-state index in [2.05, 4.69) is 19.2 Å². The molecule has 2 rings (SSSR count). The molecule has 0 saturated heterocycles. The monoisotopic (exact) mass is 277 g/mol. The highest BCUT2D eigenvalue weighted by Gasteiger charge is 2.37. The lowest BCUT2D eigenvalue weighted by atomic mass is 9.98. The highest BCUT2D eigenvalue weighted by molar-refractivity contribution is 5.39. The molecule has 112 valence electrons. The molecule has 1 atom stereocenters. The van der Waals surface area contributed by atoms with Crippen LogP contribution in [-0.4, -0.2) is 29.9 Å². The first-order valence-corrected chi connectivity index (χ1v) is 7.52. The average molecular weight is 277 g/mol. The van der Waals surface area contributed by atoms with Gasteiger partial charge in [0.2, 0.25) is 0 Å². The Labute approximate surface area is 122 Å². The van der Waals surface area contributed by atoms with Crippen molar-refractivity contribution < 1.29 is 9.84 Å². The van der Waals surface area contributed by atoms with Crippen LogP contribution in [0, 0.1) is 19.8 Å². The van der Waals surface area contributed by atoms with E-state index in [1.165, 1.54) is 12.8 Å². The highest BCUT2D eigenvalue weighted by Crippen LogP contribution is 2.39. The van der Waals surface area contributed by atoms with Crippen LogP contribution < -0.4 is 10.1 Å². The molecule has 0 radical (unpaired) electrons. The van der Waals surface area contributed by atoms with Gasteiger partial charge < -0.3 is 15.2 Å². The first-order valence-electron chi connectivity index (χ1n) is 7.52. The number of ether oxygens (including phenoxy) is 1. The smallest absolute Gasteiger partial charge is 0.125 e. The summed E-state index contributed by atoms with van der Waals surface area (Å²) in [4.78, 5) is 0. The molecule has 1 aromatic rings. The van der Waals surface area contributed by atoms with Gasteiger partial charge >= 0.3 is 0 Å². The molecule has 1 saturated carbocycles. The summed E-state index contributed by atoms with van der Waals surface area (Å²) in [5.74, 6) is 1.65. The molecular formula is C17H27NO2. The number of benzene rings is 1. The standard InChI is InChI=1S/C17H27NO2/c1-12-6-5-7-13(2)16(12)20-11-15(19)10-18-17(3,4)14-8-9-14/h5-7,14-15,18-19H,8-11H2,1-4H3. The van der Waals surface area contributed by atoms with Gasteiger partial charge in [0.25, 0.3) is 0 Å². The van der Waals surface area contributed by atoms with E-state index in [1.54, 1.807) is 0 Å². The minimum absolute atomic E-state index is 0.125. The normalized spacial score (nSPS) is 17.1. The predicted octanol–water partition coefficient (Wildman–Crippen LogP) is 2.82. The Morgan fingerprint density at radius 3 is 2.45 bits per heavy atom. The summed E-state index contributed by atoms with van der Waals surface area (Å²) in [7, 11) is 0. The van der Waals surface area contributed by atoms with Crippen molar-refractivity contribution in [3.05, 3.63) is 29.3 Å². The molecule has 0 amide bonds. The zero-order chi connectivity index (χ0) is 14.8. The summed E-state index contributed by atoms with van der Waals surface area (Å²) in [6, 6.07) is 6.08. The van der Waals surface area contributed by atoms with Gasteiger partial charge in [-0.25, -0.2) is 0 Å². The molecule has 0 bridgehead atoms. The second kappa shape index (κ2) is 6.15. The molecule has 1 aromatic carbocycles. The van der Waals surface area contributed by atoms with E-state index in [-0.39, 0.29) is 5.54 Å². The van der Waals surface area contributed by atoms with E-state index >= 15 is 0 Å². The Morgan fingerprint density at radius 1 is 1.30 bits per heavy atom. The summed E-state index contributed by atoms with van der Waals surface area (Å²) in [5.41, 5.74) is 2.35. The summed E-state index contributed by atoms with van der Waals surface area (Å²) in [5, 5.41) is 13.5. The first kappa shape index (κ1) is 15.3. The molecule has 20 heavy (non-hydrogen) atoms. The molecule has 3 heteroatoms. The van der Waals surface area contributed by atoms with Gasteiger partial charge in [-0.15, -0.1) is 0 Å². The van der Waals surface area contributed by atoms with Crippen molar-refractivity contribution >= 4 is 0 Å². The quantitative estimate of drug-likeness (QED) is 0.805. The lowest BCUT2D eigenvalue weighted by Crippen LogP contribution is -2.46. The topological polar surface area (TPSA) is 41.5 Å². The predicted molar refractivity (Wildman–Crippen MR) is 82.2 cm³/mol. The Morgan fingerprint density at radius 2 is 1.90 bits per heavy atom. The third-order valence-corrected chi connectivity index (χ3v) is 4.22. The van der Waals surface area contributed by atoms with E-state index in [9.17, 15) is 5.11 Å². The van der Waals surface area contributed by atoms with Crippen molar-refractivity contribution in [3.8, 4) is 5.75 Å². The van der Waals surface area contributed by atoms with Crippen LogP contribution in [0.1, 0.15) is 37.8 Å². The number of nitrogens with one attached hydrogen (secondary N) is 1. The molecule has 2 N–H and O–H groups in total. The van der Waals surface area contributed by atoms with Gasteiger partial charge in [0.15, 0.2) is 0 Å². The zero-order valence-electron chi connectivity index (χ0n) is 13.1. The van der Waals surface area contributed by atoms with Crippen molar-refractivity contribution in [3.63, 3.8) is 0 Å². The summed E-state index contributed by atoms with van der Waals surface area (Å²) in [6.45, 7) is 9.40. The molecule has 3 nitrogen and oxygen atoms in total. The Hall–Kier alpha value is -1.06. The molecule has 1 unspecified atom stereocenters. The molecule has 1 aliphatic carbocycles. The van der Waals surface area contributed by atoms with Crippen molar-refractivity contribution in [1.29, 1.82) is 0 Å². The second-order valence-corrected chi connectivity index (χ2v) is 6.56. The minimum atomic E-state index is -0.480. The average Bonchev–Trinajstić information content (AvgIpc) is 3.20. The van der Waals surface area contributed by atoms with Gasteiger partial charge in [0.05, 0.1) is 0 Å². The van der Waals surface area contributed by atoms with Gasteiger partial charge in [0.1, 0.15) is 18.5 Å². The van der Waals surface area contributed by atoms with Crippen molar-refractivity contribution in [2.75, 3.05) is 13.2 Å². The number of aliphatic hydroxyl groups excluding tert-OH is 1. The fourth-order valence-corrected chi connectivity index (χ4v) is 2.60. The first-order chi connectivity index (χ1) is 9.40. The van der Waals surface area contributed by atoms with E-state index < -0.39 is 6.10 Å². The maximum atomic E-state index is 10.1. The molecule has 0 aromatic heterocycles. The number of para-hydroxylation sites is 1. The molecular weight excluding hydrogens is 250 g/mol. The van der Waals surface area contributed by atoms with E-state index in [4.69, 9.17) is 4.74 Å². The number of β-amino-alcohol motifs (C(OH)–C–C–N with tert-alkyl or cyclic N) is 1. The lowest BCUT2D eigenvalue weighted by molar-refractivity contribution is 0.0964. The number of hydrogen-bond acceptors (Lipinski definition) is 3. The second-order valence-electron chi connectivity index (χ2n) is 6.56. The van der Waals surface area contributed by atoms with Gasteiger partial charge in [-0.3, -0.25) is 0 Å². The van der Waals surface area contributed by atoms with Crippen molar-refractivity contribution in [1.82, 2.24) is 5.32 Å². The van der Waals surface area contributed by atoms with E-state index in [0.29, 0.717) is 13.2 Å². The van der Waals surface area contributed by atoms with Gasteiger partial charge in [0, 0.05) is 12.1 Å². The fourth-order valence-electron chi connectivity index (χ4n) is 2.60. The van der Waals surface area contributed by atoms with Crippen LogP contribution >= 0.6 is 0 Å². The van der Waals surface area contributed by atoms with Gasteiger partial charge in [-0.2, -0.15) is 0 Å². The van der Waals surface area contributed by atoms with Crippen LogP contribution in [-0.2, 0) is 0 Å². The minimum Gasteiger partial charge on any atom is -0.490 e. The Balaban J connectivity index is 1.79. The lowest BCUT2D eigenvalue weighted by Gasteiger charge is -2.28. The molecule has 0 heterocycles. The Bertz CT molecular complexity index is 432. The molecule has 0 spiro atoms. The van der Waals surface area contributed by atoms with Crippen LogP contribution in [0.5, 0.6) is 5.75 Å². The molecule has 0 aliphatic heterocycles. The molecule has 1 aliphatic rings. The zero-order valence-corrected chi connectivity index (χ0v) is 13.1. The van der Waals surface area contributed by atoms with E-state index in [0.717, 1.165) is 22.8 Å². The summed E-state index contributed by atoms with van der Waals surface area (Å²) in [6.07, 6.45) is 2.12. The number of aryl methyl sites for hydroxylation is 2. The van der Waals surface area contributed by atoms with Crippen LogP contribution in [0.15, 0.2) is 18.2 Å². The van der Waals surface area contributed by atoms with Crippen LogP contribution in [0.2, 0.25) is 0 Å². The van der Waals surface area contributed by atoms with Gasteiger partial charge in [-0.1, -0.05) is 18.2 Å². The number of rotatable bonds is 7. The SMILES string of the molecule is Cc1cccc(C)c1OCC(O)CNC(C)(C)C1CC1. The molecule has 1 fully saturated rings. The van der Waals surface area contributed by atoms with Gasteiger partial charge in [-0.05, 0) is 57.6 Å². The summed E-state index contributed by atoms with van der Waals surface area (Å²) < 4.78 is 5.78. The third kappa shape index (κ3) is 3.97. The van der Waals surface area contributed by atoms with Crippen LogP contribution in [0.3, 0.4) is 0 Å². The van der Waals surface area contributed by atoms with Crippen LogP contribution in [0.4, 0.5) is 0 Å². The van der Waals surface area contributed by atoms with E-state index in [1.807, 2.05) is 32.0 Å². The number of aliphatic hydroxyl groups is 1. The van der Waals surface area contributed by atoms with Crippen LogP contribution in [0.25, 0.3) is 0 Å².